The number of carbonyl (C=O) groups is 1. The third kappa shape index (κ3) is 2.90. The molecule has 0 bridgehead atoms. The van der Waals surface area contributed by atoms with Gasteiger partial charge in [0.05, 0.1) is 6.10 Å². The highest BCUT2D eigenvalue weighted by Gasteiger charge is 2.00. The van der Waals surface area contributed by atoms with Crippen molar-refractivity contribution in [2.45, 2.75) is 26.4 Å². The van der Waals surface area contributed by atoms with Crippen LogP contribution < -0.4 is 4.74 Å². The summed E-state index contributed by atoms with van der Waals surface area (Å²) in [6, 6.07) is 7.19. The van der Waals surface area contributed by atoms with Gasteiger partial charge < -0.3 is 4.74 Å². The summed E-state index contributed by atoms with van der Waals surface area (Å²) in [6.07, 6.45) is 1.98. The molecule has 0 aliphatic rings. The molecule has 0 N–H and O–H groups in total. The van der Waals surface area contributed by atoms with E-state index in [9.17, 15) is 4.79 Å². The largest absolute Gasteiger partial charge is 0.491 e. The van der Waals surface area contributed by atoms with Gasteiger partial charge in [-0.3, -0.25) is 4.79 Å². The van der Waals surface area contributed by atoms with Crippen LogP contribution in [0.1, 0.15) is 30.6 Å². The Hall–Kier alpha value is -1.31. The van der Waals surface area contributed by atoms with Crippen LogP contribution in [-0.4, -0.2) is 12.4 Å². The molecule has 0 unspecified atom stereocenters. The summed E-state index contributed by atoms with van der Waals surface area (Å²) in [7, 11) is 0. The first-order valence-corrected chi connectivity index (χ1v) is 4.48. The van der Waals surface area contributed by atoms with Gasteiger partial charge in [-0.05, 0) is 25.5 Å². The van der Waals surface area contributed by atoms with Crippen LogP contribution >= 0.6 is 0 Å². The Morgan fingerprint density at radius 2 is 2.31 bits per heavy atom. The van der Waals surface area contributed by atoms with Crippen molar-refractivity contribution < 1.29 is 9.53 Å². The Morgan fingerprint density at radius 3 is 2.92 bits per heavy atom. The topological polar surface area (TPSA) is 26.3 Å². The maximum absolute atomic E-state index is 10.5. The van der Waals surface area contributed by atoms with Gasteiger partial charge in [0, 0.05) is 5.56 Å². The molecule has 0 amide bonds. The number of hydrogen-bond donors (Lipinski definition) is 0. The van der Waals surface area contributed by atoms with Gasteiger partial charge in [-0.1, -0.05) is 19.1 Å². The van der Waals surface area contributed by atoms with E-state index in [0.717, 1.165) is 18.5 Å². The van der Waals surface area contributed by atoms with Gasteiger partial charge in [-0.25, -0.2) is 0 Å². The number of benzene rings is 1. The summed E-state index contributed by atoms with van der Waals surface area (Å²) in [6.45, 7) is 4.07. The van der Waals surface area contributed by atoms with Crippen LogP contribution in [-0.2, 0) is 0 Å². The highest BCUT2D eigenvalue weighted by molar-refractivity contribution is 5.75. The Kier molecular flexibility index (Phi) is 3.50. The van der Waals surface area contributed by atoms with Gasteiger partial charge in [0.25, 0.3) is 0 Å². The second kappa shape index (κ2) is 4.65. The monoisotopic (exact) mass is 178 g/mol. The lowest BCUT2D eigenvalue weighted by Crippen LogP contribution is -2.09. The van der Waals surface area contributed by atoms with Crippen molar-refractivity contribution in [3.63, 3.8) is 0 Å². The lowest BCUT2D eigenvalue weighted by atomic mass is 10.2. The maximum Gasteiger partial charge on any atom is 0.150 e. The van der Waals surface area contributed by atoms with Crippen LogP contribution in [0.3, 0.4) is 0 Å². The summed E-state index contributed by atoms with van der Waals surface area (Å²) in [5.74, 6) is 0.763. The van der Waals surface area contributed by atoms with E-state index in [1.54, 1.807) is 12.1 Å². The van der Waals surface area contributed by atoms with E-state index in [4.69, 9.17) is 4.74 Å². The average Bonchev–Trinajstić information content (AvgIpc) is 2.18. The summed E-state index contributed by atoms with van der Waals surface area (Å²) in [5.41, 5.74) is 0.654. The number of aldehydes is 1. The zero-order chi connectivity index (χ0) is 9.68. The van der Waals surface area contributed by atoms with Crippen molar-refractivity contribution in [1.82, 2.24) is 0 Å². The summed E-state index contributed by atoms with van der Waals surface area (Å²) in [5, 5.41) is 0. The molecule has 0 aliphatic carbocycles. The van der Waals surface area contributed by atoms with Gasteiger partial charge >= 0.3 is 0 Å². The van der Waals surface area contributed by atoms with Crippen molar-refractivity contribution in [2.75, 3.05) is 0 Å². The predicted octanol–water partition coefficient (Wildman–Crippen LogP) is 2.68. The molecule has 0 fully saturated rings. The fourth-order valence-corrected chi connectivity index (χ4v) is 0.977. The number of ether oxygens (including phenoxy) is 1. The van der Waals surface area contributed by atoms with Crippen LogP contribution in [0.25, 0.3) is 0 Å². The minimum atomic E-state index is 0.196. The SMILES string of the molecule is CC[C@H](C)Oc1cccc(C=O)c1. The van der Waals surface area contributed by atoms with Crippen LogP contribution in [0, 0.1) is 0 Å². The fraction of sp³-hybridized carbons (Fsp3) is 0.364. The second-order valence-electron chi connectivity index (χ2n) is 3.03. The van der Waals surface area contributed by atoms with Crippen molar-refractivity contribution in [3.8, 4) is 5.75 Å². The van der Waals surface area contributed by atoms with Crippen LogP contribution in [0.2, 0.25) is 0 Å². The van der Waals surface area contributed by atoms with E-state index in [1.165, 1.54) is 0 Å². The standard InChI is InChI=1S/C11H14O2/c1-3-9(2)13-11-6-4-5-10(7-11)8-12/h4-9H,3H2,1-2H3/t9-/m0/s1. The molecule has 1 aromatic carbocycles. The zero-order valence-corrected chi connectivity index (χ0v) is 7.99. The number of rotatable bonds is 4. The first-order valence-electron chi connectivity index (χ1n) is 4.48. The third-order valence-corrected chi connectivity index (χ3v) is 1.91. The fourth-order valence-electron chi connectivity index (χ4n) is 0.977. The van der Waals surface area contributed by atoms with Crippen LogP contribution in [0.15, 0.2) is 24.3 Å². The minimum absolute atomic E-state index is 0.196. The molecular weight excluding hydrogens is 164 g/mol. The molecule has 1 rings (SSSR count). The molecule has 0 saturated carbocycles. The molecule has 2 nitrogen and oxygen atoms in total. The van der Waals surface area contributed by atoms with E-state index in [1.807, 2.05) is 19.1 Å². The Labute approximate surface area is 78.5 Å². The Bertz CT molecular complexity index is 281. The maximum atomic E-state index is 10.5. The lowest BCUT2D eigenvalue weighted by Gasteiger charge is -2.12. The molecule has 0 aromatic heterocycles. The molecule has 1 aromatic rings. The smallest absolute Gasteiger partial charge is 0.150 e. The Balaban J connectivity index is 2.71. The predicted molar refractivity (Wildman–Crippen MR) is 52.2 cm³/mol. The summed E-state index contributed by atoms with van der Waals surface area (Å²) in [4.78, 5) is 10.5. The first-order chi connectivity index (χ1) is 6.26. The van der Waals surface area contributed by atoms with Gasteiger partial charge in [0.1, 0.15) is 12.0 Å². The number of hydrogen-bond acceptors (Lipinski definition) is 2. The van der Waals surface area contributed by atoms with Crippen molar-refractivity contribution in [3.05, 3.63) is 29.8 Å². The normalized spacial score (nSPS) is 12.2. The first kappa shape index (κ1) is 9.78. The zero-order valence-electron chi connectivity index (χ0n) is 7.99. The van der Waals surface area contributed by atoms with E-state index < -0.39 is 0 Å². The number of carbonyl (C=O) groups excluding carboxylic acids is 1. The molecule has 2 heteroatoms. The molecule has 1 atom stereocenters. The van der Waals surface area contributed by atoms with Gasteiger partial charge in [0.2, 0.25) is 0 Å². The second-order valence-corrected chi connectivity index (χ2v) is 3.03. The molecule has 0 aliphatic heterocycles. The van der Waals surface area contributed by atoms with Crippen molar-refractivity contribution in [1.29, 1.82) is 0 Å². The Morgan fingerprint density at radius 1 is 1.54 bits per heavy atom. The molecule has 0 spiro atoms. The van der Waals surface area contributed by atoms with E-state index >= 15 is 0 Å². The van der Waals surface area contributed by atoms with E-state index in [-0.39, 0.29) is 6.10 Å². The molecule has 0 radical (unpaired) electrons. The molecule has 0 saturated heterocycles. The molecule has 0 heterocycles. The van der Waals surface area contributed by atoms with Crippen molar-refractivity contribution >= 4 is 6.29 Å². The van der Waals surface area contributed by atoms with E-state index in [0.29, 0.717) is 5.56 Å². The van der Waals surface area contributed by atoms with Gasteiger partial charge in [-0.2, -0.15) is 0 Å². The van der Waals surface area contributed by atoms with E-state index in [2.05, 4.69) is 6.92 Å². The highest BCUT2D eigenvalue weighted by Crippen LogP contribution is 2.14. The van der Waals surface area contributed by atoms with Gasteiger partial charge in [-0.15, -0.1) is 0 Å². The van der Waals surface area contributed by atoms with Gasteiger partial charge in [0.15, 0.2) is 0 Å². The average molecular weight is 178 g/mol. The van der Waals surface area contributed by atoms with Crippen molar-refractivity contribution in [2.24, 2.45) is 0 Å². The molecule has 13 heavy (non-hydrogen) atoms. The highest BCUT2D eigenvalue weighted by atomic mass is 16.5. The minimum Gasteiger partial charge on any atom is -0.491 e. The lowest BCUT2D eigenvalue weighted by molar-refractivity contribution is 0.112. The molecule has 70 valence electrons. The third-order valence-electron chi connectivity index (χ3n) is 1.91. The quantitative estimate of drug-likeness (QED) is 0.662. The summed E-state index contributed by atoms with van der Waals surface area (Å²) >= 11 is 0. The van der Waals surface area contributed by atoms with Crippen LogP contribution in [0.5, 0.6) is 5.75 Å². The van der Waals surface area contributed by atoms with Crippen LogP contribution in [0.4, 0.5) is 0 Å². The molecular formula is C11H14O2. The summed E-state index contributed by atoms with van der Waals surface area (Å²) < 4.78 is 5.55.